The fraction of sp³-hybridized carbons (Fsp3) is 0.529. The molecule has 2 aliphatic rings. The Kier molecular flexibility index (Phi) is 3.75. The molecule has 23 heavy (non-hydrogen) atoms. The lowest BCUT2D eigenvalue weighted by Gasteiger charge is -2.27. The van der Waals surface area contributed by atoms with Gasteiger partial charge in [-0.2, -0.15) is 0 Å². The number of anilines is 1. The van der Waals surface area contributed by atoms with E-state index in [0.717, 1.165) is 6.08 Å². The quantitative estimate of drug-likeness (QED) is 0.750. The third kappa shape index (κ3) is 2.55. The normalized spacial score (nSPS) is 26.3. The molecule has 2 atom stereocenters. The van der Waals surface area contributed by atoms with Crippen LogP contribution in [0.1, 0.15) is 49.9 Å². The number of rotatable bonds is 1. The van der Waals surface area contributed by atoms with E-state index >= 15 is 0 Å². The highest BCUT2D eigenvalue weighted by Gasteiger charge is 2.39. The van der Waals surface area contributed by atoms with Crippen molar-refractivity contribution >= 4 is 29.2 Å². The van der Waals surface area contributed by atoms with E-state index in [2.05, 4.69) is 4.98 Å². The van der Waals surface area contributed by atoms with Gasteiger partial charge in [0.25, 0.3) is 0 Å². The number of halogens is 3. The van der Waals surface area contributed by atoms with Gasteiger partial charge in [-0.15, -0.1) is 0 Å². The van der Waals surface area contributed by atoms with E-state index in [9.17, 15) is 13.6 Å². The van der Waals surface area contributed by atoms with Crippen LogP contribution < -0.4 is 4.90 Å². The first-order valence-electron chi connectivity index (χ1n) is 7.64. The van der Waals surface area contributed by atoms with Crippen LogP contribution in [0, 0.1) is 12.3 Å². The van der Waals surface area contributed by atoms with Crippen LogP contribution in [-0.2, 0) is 4.79 Å². The molecular weight excluding hydrogens is 322 g/mol. The molecule has 1 aliphatic heterocycles. The molecule has 0 saturated carbocycles. The minimum absolute atomic E-state index is 0.0436. The summed E-state index contributed by atoms with van der Waals surface area (Å²) in [6.07, 6.45) is -0.102. The number of hydrogen-bond acceptors (Lipinski definition) is 2. The molecule has 0 N–H and O–H groups in total. The molecule has 0 radical (unpaired) electrons. The number of pyridine rings is 1. The van der Waals surface area contributed by atoms with Crippen LogP contribution >= 0.6 is 11.6 Å². The van der Waals surface area contributed by atoms with Crippen LogP contribution in [0.5, 0.6) is 0 Å². The highest BCUT2D eigenvalue weighted by atomic mass is 35.5. The van der Waals surface area contributed by atoms with E-state index in [1.807, 2.05) is 13.8 Å². The number of aromatic nitrogens is 1. The molecule has 3 nitrogen and oxygen atoms in total. The van der Waals surface area contributed by atoms with Gasteiger partial charge in [-0.3, -0.25) is 9.69 Å². The standard InChI is InChI=1S/C17H19ClF2N2O/c1-8-10(19)5-11(20)13-14(18)9(2)16(21-15(8)13)22-7-17(3,4)6-12(22)23/h5,8,10H,6-7H2,1-4H3. The lowest BCUT2D eigenvalue weighted by atomic mass is 9.90. The van der Waals surface area contributed by atoms with E-state index in [0.29, 0.717) is 24.3 Å². The highest BCUT2D eigenvalue weighted by Crippen LogP contribution is 2.44. The Morgan fingerprint density at radius 1 is 1.43 bits per heavy atom. The number of carbonyl (C=O) groups is 1. The zero-order chi connectivity index (χ0) is 17.1. The molecule has 6 heteroatoms. The van der Waals surface area contributed by atoms with Gasteiger partial charge in [0.05, 0.1) is 16.3 Å². The van der Waals surface area contributed by atoms with Gasteiger partial charge >= 0.3 is 0 Å². The summed E-state index contributed by atoms with van der Waals surface area (Å²) in [6.45, 7) is 7.87. The first-order chi connectivity index (χ1) is 10.6. The van der Waals surface area contributed by atoms with Crippen molar-refractivity contribution < 1.29 is 13.6 Å². The smallest absolute Gasteiger partial charge is 0.228 e. The van der Waals surface area contributed by atoms with Crippen molar-refractivity contribution in [1.82, 2.24) is 4.98 Å². The largest absolute Gasteiger partial charge is 0.296 e. The zero-order valence-electron chi connectivity index (χ0n) is 13.6. The Morgan fingerprint density at radius 3 is 2.65 bits per heavy atom. The second-order valence-electron chi connectivity index (χ2n) is 7.20. The van der Waals surface area contributed by atoms with Crippen LogP contribution in [0.4, 0.5) is 14.6 Å². The number of alkyl halides is 1. The Balaban J connectivity index is 2.17. The van der Waals surface area contributed by atoms with Gasteiger partial charge in [0.15, 0.2) is 0 Å². The lowest BCUT2D eigenvalue weighted by molar-refractivity contribution is -0.117. The van der Waals surface area contributed by atoms with E-state index in [1.54, 1.807) is 18.7 Å². The van der Waals surface area contributed by atoms with Crippen molar-refractivity contribution in [3.8, 4) is 0 Å². The molecule has 0 aromatic carbocycles. The van der Waals surface area contributed by atoms with Crippen molar-refractivity contribution in [3.63, 3.8) is 0 Å². The molecule has 0 spiro atoms. The summed E-state index contributed by atoms with van der Waals surface area (Å²) in [6, 6.07) is 0. The number of carbonyl (C=O) groups excluding carboxylic acids is 1. The van der Waals surface area contributed by atoms with Gasteiger partial charge in [0.2, 0.25) is 5.91 Å². The van der Waals surface area contributed by atoms with Gasteiger partial charge in [0.1, 0.15) is 17.8 Å². The highest BCUT2D eigenvalue weighted by molar-refractivity contribution is 6.33. The summed E-state index contributed by atoms with van der Waals surface area (Å²) >= 11 is 6.34. The van der Waals surface area contributed by atoms with Crippen molar-refractivity contribution in [2.45, 2.75) is 46.2 Å². The van der Waals surface area contributed by atoms with Crippen LogP contribution in [0.15, 0.2) is 6.08 Å². The maximum atomic E-state index is 14.2. The summed E-state index contributed by atoms with van der Waals surface area (Å²) in [7, 11) is 0. The van der Waals surface area contributed by atoms with Crippen LogP contribution in [0.2, 0.25) is 5.02 Å². The van der Waals surface area contributed by atoms with Crippen molar-refractivity contribution in [1.29, 1.82) is 0 Å². The number of amides is 1. The van der Waals surface area contributed by atoms with E-state index in [4.69, 9.17) is 11.6 Å². The predicted octanol–water partition coefficient (Wildman–Crippen LogP) is 4.57. The third-order valence-corrected chi connectivity index (χ3v) is 5.07. The molecular formula is C17H19ClF2N2O. The molecule has 1 amide bonds. The lowest BCUT2D eigenvalue weighted by Crippen LogP contribution is -2.29. The van der Waals surface area contributed by atoms with Crippen molar-refractivity contribution in [2.75, 3.05) is 11.4 Å². The minimum Gasteiger partial charge on any atom is -0.296 e. The van der Waals surface area contributed by atoms with Crippen LogP contribution in [-0.4, -0.2) is 23.6 Å². The maximum Gasteiger partial charge on any atom is 0.228 e. The number of fused-ring (bicyclic) bond motifs is 1. The number of nitrogens with zero attached hydrogens (tertiary/aromatic N) is 2. The zero-order valence-corrected chi connectivity index (χ0v) is 14.3. The van der Waals surface area contributed by atoms with Gasteiger partial charge < -0.3 is 0 Å². The Hall–Kier alpha value is -1.49. The second kappa shape index (κ2) is 5.26. The fourth-order valence-electron chi connectivity index (χ4n) is 3.26. The Bertz CT molecular complexity index is 730. The molecule has 2 heterocycles. The predicted molar refractivity (Wildman–Crippen MR) is 87.1 cm³/mol. The molecule has 1 saturated heterocycles. The van der Waals surface area contributed by atoms with E-state index in [1.165, 1.54) is 0 Å². The first-order valence-corrected chi connectivity index (χ1v) is 8.02. The summed E-state index contributed by atoms with van der Waals surface area (Å²) in [5.74, 6) is -0.922. The van der Waals surface area contributed by atoms with Crippen molar-refractivity contribution in [3.05, 3.63) is 27.9 Å². The number of hydrogen-bond donors (Lipinski definition) is 0. The molecule has 1 aliphatic carbocycles. The van der Waals surface area contributed by atoms with Gasteiger partial charge in [0, 0.05) is 24.4 Å². The molecule has 1 aromatic rings. The Labute approximate surface area is 139 Å². The summed E-state index contributed by atoms with van der Waals surface area (Å²) in [4.78, 5) is 18.3. The average molecular weight is 341 g/mol. The third-order valence-electron chi connectivity index (χ3n) is 4.59. The molecule has 3 rings (SSSR count). The fourth-order valence-corrected chi connectivity index (χ4v) is 3.53. The van der Waals surface area contributed by atoms with Crippen LogP contribution in [0.3, 0.4) is 0 Å². The molecule has 1 aromatic heterocycles. The summed E-state index contributed by atoms with van der Waals surface area (Å²) < 4.78 is 28.1. The average Bonchev–Trinajstić information content (AvgIpc) is 2.72. The SMILES string of the molecule is Cc1c(N2CC(C)(C)CC2=O)nc2c(c1Cl)C(F)=CC(F)C2C. The van der Waals surface area contributed by atoms with E-state index in [-0.39, 0.29) is 27.6 Å². The van der Waals surface area contributed by atoms with Gasteiger partial charge in [-0.1, -0.05) is 32.4 Å². The monoisotopic (exact) mass is 340 g/mol. The van der Waals surface area contributed by atoms with Crippen molar-refractivity contribution in [2.24, 2.45) is 5.41 Å². The molecule has 124 valence electrons. The van der Waals surface area contributed by atoms with Crippen LogP contribution in [0.25, 0.3) is 5.83 Å². The molecule has 0 bridgehead atoms. The van der Waals surface area contributed by atoms with E-state index < -0.39 is 17.9 Å². The number of allylic oxidation sites excluding steroid dienone is 1. The Morgan fingerprint density at radius 2 is 2.09 bits per heavy atom. The molecule has 1 fully saturated rings. The first kappa shape index (κ1) is 16.4. The van der Waals surface area contributed by atoms with Gasteiger partial charge in [-0.05, 0) is 18.4 Å². The maximum absolute atomic E-state index is 14.2. The topological polar surface area (TPSA) is 33.2 Å². The molecule has 2 unspecified atom stereocenters. The summed E-state index contributed by atoms with van der Waals surface area (Å²) in [5.41, 5.74) is 0.817. The minimum atomic E-state index is -1.45. The van der Waals surface area contributed by atoms with Gasteiger partial charge in [-0.25, -0.2) is 13.8 Å². The summed E-state index contributed by atoms with van der Waals surface area (Å²) in [5, 5.41) is 0.204. The second-order valence-corrected chi connectivity index (χ2v) is 7.58.